The van der Waals surface area contributed by atoms with E-state index in [1.165, 1.54) is 5.56 Å². The Bertz CT molecular complexity index is 442. The van der Waals surface area contributed by atoms with Crippen molar-refractivity contribution in [3.8, 4) is 5.75 Å². The van der Waals surface area contributed by atoms with Gasteiger partial charge in [0.1, 0.15) is 5.75 Å². The minimum absolute atomic E-state index is 0.225. The average Bonchev–Trinajstić information content (AvgIpc) is 2.48. The lowest BCUT2D eigenvalue weighted by Crippen LogP contribution is -2.48. The summed E-state index contributed by atoms with van der Waals surface area (Å²) in [6, 6.07) is 8.60. The van der Waals surface area contributed by atoms with Gasteiger partial charge in [0.2, 0.25) is 0 Å². The molecule has 0 radical (unpaired) electrons. The summed E-state index contributed by atoms with van der Waals surface area (Å²) in [7, 11) is 0. The number of hydrogen-bond donors (Lipinski definition) is 1. The number of rotatable bonds is 7. The van der Waals surface area contributed by atoms with Crippen LogP contribution < -0.4 is 10.5 Å². The van der Waals surface area contributed by atoms with Crippen molar-refractivity contribution in [1.29, 1.82) is 0 Å². The first kappa shape index (κ1) is 17.3. The van der Waals surface area contributed by atoms with Crippen molar-refractivity contribution in [3.05, 3.63) is 29.8 Å². The van der Waals surface area contributed by atoms with Crippen molar-refractivity contribution in [1.82, 2.24) is 4.90 Å². The van der Waals surface area contributed by atoms with Crippen LogP contribution in [0.15, 0.2) is 24.3 Å². The minimum Gasteiger partial charge on any atom is -0.494 e. The smallest absolute Gasteiger partial charge is 0.119 e. The molecule has 1 aliphatic rings. The maximum Gasteiger partial charge on any atom is 0.119 e. The zero-order valence-corrected chi connectivity index (χ0v) is 14.1. The third-order valence-corrected chi connectivity index (χ3v) is 4.12. The van der Waals surface area contributed by atoms with Gasteiger partial charge in [0.15, 0.2) is 0 Å². The predicted octanol–water partition coefficient (Wildman–Crippen LogP) is 2.97. The summed E-state index contributed by atoms with van der Waals surface area (Å²) in [5.41, 5.74) is 7.31. The number of ether oxygens (including phenoxy) is 2. The van der Waals surface area contributed by atoms with Crippen LogP contribution in [0, 0.1) is 0 Å². The molecule has 2 rings (SSSR count). The van der Waals surface area contributed by atoms with Gasteiger partial charge in [0, 0.05) is 25.7 Å². The standard InChI is InChI=1S/C18H30N2O2/c1-4-5-9-21-17-8-6-7-16(10-17)18(11-19)20-12-14(2)22-15(3)13-20/h6-8,10,14-15,18H,4-5,9,11-13,19H2,1-3H3. The molecule has 0 bridgehead atoms. The Balaban J connectivity index is 2.08. The van der Waals surface area contributed by atoms with Crippen molar-refractivity contribution in [2.45, 2.75) is 51.9 Å². The first-order valence-electron chi connectivity index (χ1n) is 8.46. The molecule has 1 fully saturated rings. The molecule has 22 heavy (non-hydrogen) atoms. The number of hydrogen-bond acceptors (Lipinski definition) is 4. The number of morpholine rings is 1. The normalized spacial score (nSPS) is 24.2. The molecule has 124 valence electrons. The van der Waals surface area contributed by atoms with Gasteiger partial charge in [-0.1, -0.05) is 25.5 Å². The Morgan fingerprint density at radius 3 is 2.68 bits per heavy atom. The Labute approximate surface area is 134 Å². The van der Waals surface area contributed by atoms with Crippen LogP contribution in [0.3, 0.4) is 0 Å². The lowest BCUT2D eigenvalue weighted by Gasteiger charge is -2.40. The van der Waals surface area contributed by atoms with Crippen LogP contribution in [-0.4, -0.2) is 43.3 Å². The zero-order valence-electron chi connectivity index (χ0n) is 14.1. The lowest BCUT2D eigenvalue weighted by atomic mass is 10.0. The second-order valence-electron chi connectivity index (χ2n) is 6.24. The van der Waals surface area contributed by atoms with Crippen LogP contribution in [0.2, 0.25) is 0 Å². The van der Waals surface area contributed by atoms with Gasteiger partial charge in [-0.25, -0.2) is 0 Å². The number of benzene rings is 1. The second kappa shape index (κ2) is 8.51. The third kappa shape index (κ3) is 4.70. The molecule has 0 aliphatic carbocycles. The van der Waals surface area contributed by atoms with E-state index in [2.05, 4.69) is 43.9 Å². The first-order valence-corrected chi connectivity index (χ1v) is 8.46. The fourth-order valence-electron chi connectivity index (χ4n) is 3.11. The van der Waals surface area contributed by atoms with Crippen LogP contribution in [0.5, 0.6) is 5.75 Å². The van der Waals surface area contributed by atoms with E-state index < -0.39 is 0 Å². The number of nitrogens with two attached hydrogens (primary N) is 1. The Morgan fingerprint density at radius 1 is 1.32 bits per heavy atom. The van der Waals surface area contributed by atoms with E-state index in [0.717, 1.165) is 38.3 Å². The molecule has 0 saturated carbocycles. The summed E-state index contributed by atoms with van der Waals surface area (Å²) >= 11 is 0. The summed E-state index contributed by atoms with van der Waals surface area (Å²) in [5, 5.41) is 0. The van der Waals surface area contributed by atoms with Crippen LogP contribution >= 0.6 is 0 Å². The maximum absolute atomic E-state index is 6.07. The van der Waals surface area contributed by atoms with Gasteiger partial charge < -0.3 is 15.2 Å². The van der Waals surface area contributed by atoms with Gasteiger partial charge in [0.05, 0.1) is 18.8 Å². The summed E-state index contributed by atoms with van der Waals surface area (Å²) in [6.45, 7) is 9.66. The average molecular weight is 306 g/mol. The van der Waals surface area contributed by atoms with E-state index in [0.29, 0.717) is 6.54 Å². The van der Waals surface area contributed by atoms with Crippen molar-refractivity contribution in [2.24, 2.45) is 5.73 Å². The molecule has 1 aromatic rings. The molecule has 3 unspecified atom stereocenters. The molecule has 4 heteroatoms. The van der Waals surface area contributed by atoms with Gasteiger partial charge in [-0.3, -0.25) is 4.90 Å². The monoisotopic (exact) mass is 306 g/mol. The second-order valence-corrected chi connectivity index (χ2v) is 6.24. The minimum atomic E-state index is 0.225. The van der Waals surface area contributed by atoms with E-state index in [-0.39, 0.29) is 18.2 Å². The molecule has 0 aromatic heterocycles. The van der Waals surface area contributed by atoms with Crippen LogP contribution in [0.1, 0.15) is 45.2 Å². The van der Waals surface area contributed by atoms with Crippen molar-refractivity contribution in [3.63, 3.8) is 0 Å². The van der Waals surface area contributed by atoms with Crippen molar-refractivity contribution in [2.75, 3.05) is 26.2 Å². The van der Waals surface area contributed by atoms with Crippen molar-refractivity contribution < 1.29 is 9.47 Å². The molecular formula is C18H30N2O2. The van der Waals surface area contributed by atoms with E-state index in [9.17, 15) is 0 Å². The highest BCUT2D eigenvalue weighted by Crippen LogP contribution is 2.26. The molecule has 4 nitrogen and oxygen atoms in total. The van der Waals surface area contributed by atoms with Crippen LogP contribution in [0.25, 0.3) is 0 Å². The quantitative estimate of drug-likeness (QED) is 0.787. The Hall–Kier alpha value is -1.10. The van der Waals surface area contributed by atoms with Crippen LogP contribution in [-0.2, 0) is 4.74 Å². The van der Waals surface area contributed by atoms with Crippen LogP contribution in [0.4, 0.5) is 0 Å². The SMILES string of the molecule is CCCCOc1cccc(C(CN)N2CC(C)OC(C)C2)c1. The van der Waals surface area contributed by atoms with E-state index in [1.54, 1.807) is 0 Å². The molecule has 1 heterocycles. The first-order chi connectivity index (χ1) is 10.6. The summed E-state index contributed by atoms with van der Waals surface area (Å²) < 4.78 is 11.7. The topological polar surface area (TPSA) is 47.7 Å². The number of nitrogens with zero attached hydrogens (tertiary/aromatic N) is 1. The third-order valence-electron chi connectivity index (χ3n) is 4.12. The van der Waals surface area contributed by atoms with Gasteiger partial charge in [-0.2, -0.15) is 0 Å². The maximum atomic E-state index is 6.07. The Kier molecular flexibility index (Phi) is 6.68. The zero-order chi connectivity index (χ0) is 15.9. The highest BCUT2D eigenvalue weighted by Gasteiger charge is 2.28. The number of unbranched alkanes of at least 4 members (excludes halogenated alkanes) is 1. The summed E-state index contributed by atoms with van der Waals surface area (Å²) in [4.78, 5) is 2.43. The molecular weight excluding hydrogens is 276 g/mol. The lowest BCUT2D eigenvalue weighted by molar-refractivity contribution is -0.0799. The largest absolute Gasteiger partial charge is 0.494 e. The van der Waals surface area contributed by atoms with Gasteiger partial charge >= 0.3 is 0 Å². The van der Waals surface area contributed by atoms with E-state index in [4.69, 9.17) is 15.2 Å². The fourth-order valence-corrected chi connectivity index (χ4v) is 3.11. The molecule has 0 spiro atoms. The summed E-state index contributed by atoms with van der Waals surface area (Å²) in [5.74, 6) is 0.943. The molecule has 0 amide bonds. The Morgan fingerprint density at radius 2 is 2.05 bits per heavy atom. The molecule has 2 N–H and O–H groups in total. The highest BCUT2D eigenvalue weighted by atomic mass is 16.5. The molecule has 1 aliphatic heterocycles. The van der Waals surface area contributed by atoms with Gasteiger partial charge in [-0.05, 0) is 38.0 Å². The van der Waals surface area contributed by atoms with E-state index >= 15 is 0 Å². The predicted molar refractivity (Wildman–Crippen MR) is 90.2 cm³/mol. The molecule has 1 saturated heterocycles. The van der Waals surface area contributed by atoms with Gasteiger partial charge in [0.25, 0.3) is 0 Å². The fraction of sp³-hybridized carbons (Fsp3) is 0.667. The molecule has 3 atom stereocenters. The highest BCUT2D eigenvalue weighted by molar-refractivity contribution is 5.31. The summed E-state index contributed by atoms with van der Waals surface area (Å²) in [6.07, 6.45) is 2.74. The molecule has 1 aromatic carbocycles. The van der Waals surface area contributed by atoms with Crippen molar-refractivity contribution >= 4 is 0 Å². The van der Waals surface area contributed by atoms with E-state index in [1.807, 2.05) is 6.07 Å². The van der Waals surface area contributed by atoms with Gasteiger partial charge in [-0.15, -0.1) is 0 Å².